The van der Waals surface area contributed by atoms with Crippen LogP contribution in [-0.2, 0) is 20.9 Å². The van der Waals surface area contributed by atoms with Crippen molar-refractivity contribution >= 4 is 52.1 Å². The predicted octanol–water partition coefficient (Wildman–Crippen LogP) is 7.13. The number of carbonyl (C=O) groups excluding carboxylic acids is 3. The fraction of sp³-hybridized carbons (Fsp3) is 0.316. The number of carboxylic acid groups (broad SMARTS) is 1. The van der Waals surface area contributed by atoms with Crippen molar-refractivity contribution in [3.63, 3.8) is 0 Å². The summed E-state index contributed by atoms with van der Waals surface area (Å²) >= 11 is 6.97. The minimum atomic E-state index is -1.01. The number of alkyl carbamates (subject to hydrolysis) is 1. The first-order valence-electron chi connectivity index (χ1n) is 16.4. The number of hydrogen-bond donors (Lipinski definition) is 2. The lowest BCUT2D eigenvalue weighted by atomic mass is 9.95. The lowest BCUT2D eigenvalue weighted by molar-refractivity contribution is -0.143. The highest BCUT2D eigenvalue weighted by Crippen LogP contribution is 2.45. The molecule has 50 heavy (non-hydrogen) atoms. The Balaban J connectivity index is 1.28. The van der Waals surface area contributed by atoms with Crippen LogP contribution in [0, 0.1) is 11.3 Å². The van der Waals surface area contributed by atoms with Gasteiger partial charge in [-0.15, -0.1) is 0 Å². The molecule has 11 nitrogen and oxygen atoms in total. The van der Waals surface area contributed by atoms with Crippen LogP contribution in [-0.4, -0.2) is 66.4 Å². The van der Waals surface area contributed by atoms with Crippen molar-refractivity contribution in [2.75, 3.05) is 31.1 Å². The normalized spacial score (nSPS) is 15.9. The van der Waals surface area contributed by atoms with Crippen molar-refractivity contribution < 1.29 is 38.5 Å². The van der Waals surface area contributed by atoms with Gasteiger partial charge in [0.05, 0.1) is 16.1 Å². The molecule has 4 aromatic carbocycles. The van der Waals surface area contributed by atoms with Gasteiger partial charge in [-0.25, -0.2) is 9.59 Å². The molecule has 2 aliphatic heterocycles. The van der Waals surface area contributed by atoms with Gasteiger partial charge in [-0.05, 0) is 66.9 Å². The Morgan fingerprint density at radius 2 is 1.70 bits per heavy atom. The first-order chi connectivity index (χ1) is 23.9. The van der Waals surface area contributed by atoms with E-state index in [1.165, 1.54) is 4.90 Å². The molecule has 0 aliphatic carbocycles. The Labute approximate surface area is 294 Å². The third-order valence-electron chi connectivity index (χ3n) is 8.66. The van der Waals surface area contributed by atoms with Crippen LogP contribution in [0.15, 0.2) is 78.9 Å². The van der Waals surface area contributed by atoms with E-state index in [-0.39, 0.29) is 43.9 Å². The molecule has 2 aliphatic rings. The molecule has 2 N–H and O–H groups in total. The molecular formula is C38H38ClN3O8. The summed E-state index contributed by atoms with van der Waals surface area (Å²) in [6, 6.07) is 24.0. The van der Waals surface area contributed by atoms with Crippen LogP contribution in [0.25, 0.3) is 21.9 Å². The van der Waals surface area contributed by atoms with Gasteiger partial charge in [0.25, 0.3) is 5.91 Å². The van der Waals surface area contributed by atoms with Crippen LogP contribution >= 0.6 is 11.6 Å². The van der Waals surface area contributed by atoms with Gasteiger partial charge in [-0.3, -0.25) is 9.59 Å². The number of ether oxygens (including phenoxy) is 3. The highest BCUT2D eigenvalue weighted by atomic mass is 35.5. The topological polar surface area (TPSA) is 135 Å². The second kappa shape index (κ2) is 14.3. The summed E-state index contributed by atoms with van der Waals surface area (Å²) in [5.74, 6) is -0.0246. The van der Waals surface area contributed by atoms with Crippen LogP contribution in [0.1, 0.15) is 32.8 Å². The maximum absolute atomic E-state index is 13.9. The van der Waals surface area contributed by atoms with E-state index >= 15 is 0 Å². The number of nitrogens with zero attached hydrogens (tertiary/aromatic N) is 2. The number of anilines is 1. The number of fused-ring (bicyclic) bond motifs is 2. The number of amides is 3. The Bertz CT molecular complexity index is 1940. The average molecular weight is 700 g/mol. The van der Waals surface area contributed by atoms with Gasteiger partial charge in [0.15, 0.2) is 6.10 Å². The molecule has 6 rings (SSSR count). The largest absolute Gasteiger partial charge is 0.478 e. The van der Waals surface area contributed by atoms with E-state index in [9.17, 15) is 24.3 Å². The van der Waals surface area contributed by atoms with E-state index in [2.05, 4.69) is 5.32 Å². The fourth-order valence-corrected chi connectivity index (χ4v) is 6.19. The van der Waals surface area contributed by atoms with Crippen LogP contribution < -0.4 is 19.7 Å². The van der Waals surface area contributed by atoms with Gasteiger partial charge in [0.1, 0.15) is 18.1 Å². The summed E-state index contributed by atoms with van der Waals surface area (Å²) in [4.78, 5) is 53.4. The third kappa shape index (κ3) is 7.63. The highest BCUT2D eigenvalue weighted by molar-refractivity contribution is 6.34. The van der Waals surface area contributed by atoms with Crippen LogP contribution in [0.5, 0.6) is 11.5 Å². The maximum Gasteiger partial charge on any atom is 0.407 e. The second-order valence-electron chi connectivity index (χ2n) is 13.5. The zero-order valence-electron chi connectivity index (χ0n) is 28.0. The Morgan fingerprint density at radius 3 is 2.42 bits per heavy atom. The molecule has 0 aromatic heterocycles. The van der Waals surface area contributed by atoms with Crippen LogP contribution in [0.2, 0.25) is 5.02 Å². The molecule has 260 valence electrons. The van der Waals surface area contributed by atoms with Crippen molar-refractivity contribution in [1.82, 2.24) is 10.2 Å². The first kappa shape index (κ1) is 34.6. The molecule has 1 fully saturated rings. The number of likely N-dealkylation sites (tertiary alicyclic amines) is 1. The summed E-state index contributed by atoms with van der Waals surface area (Å²) in [5.41, 5.74) is 1.90. The molecule has 12 heteroatoms. The Kier molecular flexibility index (Phi) is 9.88. The van der Waals surface area contributed by atoms with Gasteiger partial charge in [-0.2, -0.15) is 0 Å². The minimum Gasteiger partial charge on any atom is -0.478 e. The summed E-state index contributed by atoms with van der Waals surface area (Å²) in [6.07, 6.45) is -2.42. The molecule has 0 spiro atoms. The highest BCUT2D eigenvalue weighted by Gasteiger charge is 2.39. The number of benzene rings is 4. The summed E-state index contributed by atoms with van der Waals surface area (Å²) < 4.78 is 17.4. The molecule has 2 heterocycles. The first-order valence-corrected chi connectivity index (χ1v) is 16.7. The average Bonchev–Trinajstić information content (AvgIpc) is 3.06. The van der Waals surface area contributed by atoms with Crippen molar-refractivity contribution in [2.24, 2.45) is 11.3 Å². The smallest absolute Gasteiger partial charge is 0.407 e. The molecule has 0 saturated carbocycles. The number of halogens is 1. The summed E-state index contributed by atoms with van der Waals surface area (Å²) in [5, 5.41) is 14.1. The molecule has 1 atom stereocenters. The molecule has 0 bridgehead atoms. The van der Waals surface area contributed by atoms with E-state index in [0.29, 0.717) is 46.4 Å². The molecular weight excluding hydrogens is 662 g/mol. The molecule has 0 radical (unpaired) electrons. The Morgan fingerprint density at radius 1 is 0.980 bits per heavy atom. The van der Waals surface area contributed by atoms with Crippen molar-refractivity contribution in [2.45, 2.75) is 39.9 Å². The zero-order chi connectivity index (χ0) is 35.6. The molecule has 4 aromatic rings. The minimum absolute atomic E-state index is 0.0793. The molecule has 1 saturated heterocycles. The summed E-state index contributed by atoms with van der Waals surface area (Å²) in [7, 11) is 0. The van der Waals surface area contributed by atoms with Crippen LogP contribution in [0.3, 0.4) is 0 Å². The fourth-order valence-electron chi connectivity index (χ4n) is 5.93. The van der Waals surface area contributed by atoms with E-state index in [1.54, 1.807) is 49.9 Å². The summed E-state index contributed by atoms with van der Waals surface area (Å²) in [6.45, 7) is 6.42. The Hall–Kier alpha value is -5.29. The number of carbonyl (C=O) groups is 4. The van der Waals surface area contributed by atoms with Gasteiger partial charge < -0.3 is 34.4 Å². The van der Waals surface area contributed by atoms with E-state index in [4.69, 9.17) is 25.8 Å². The SMILES string of the molecule is CC(C)(C)C(=O)Oc1cc(-c2cc3c(cc2Cl)N(CC2CN(C(=O)O)C2)C(=O)[C@@H](CCNC(=O)OCc2ccccc2)O3)c2ccccc2c1. The predicted molar refractivity (Wildman–Crippen MR) is 189 cm³/mol. The van der Waals surface area contributed by atoms with Crippen molar-refractivity contribution in [3.8, 4) is 22.6 Å². The number of rotatable bonds is 9. The second-order valence-corrected chi connectivity index (χ2v) is 13.9. The monoisotopic (exact) mass is 699 g/mol. The van der Waals surface area contributed by atoms with Gasteiger partial charge >= 0.3 is 18.2 Å². The number of nitrogens with one attached hydrogen (secondary N) is 1. The van der Waals surface area contributed by atoms with E-state index < -0.39 is 23.7 Å². The lowest BCUT2D eigenvalue weighted by Crippen LogP contribution is -2.56. The van der Waals surface area contributed by atoms with Crippen LogP contribution in [0.4, 0.5) is 15.3 Å². The third-order valence-corrected chi connectivity index (χ3v) is 8.97. The quantitative estimate of drug-likeness (QED) is 0.139. The lowest BCUT2D eigenvalue weighted by Gasteiger charge is -2.42. The van der Waals surface area contributed by atoms with Crippen molar-refractivity contribution in [3.05, 3.63) is 89.4 Å². The number of esters is 1. The van der Waals surface area contributed by atoms with E-state index in [0.717, 1.165) is 16.3 Å². The standard InChI is InChI=1S/C38H38ClN3O8/c1-38(2,3)35(44)49-26-15-25-11-7-8-12-27(25)28(16-26)29-17-33-31(18-30(29)39)42(21-24-19-41(20-24)37(46)47)34(43)32(50-33)13-14-40-36(45)48-22-23-9-5-4-6-10-23/h4-12,15-18,24,32H,13-14,19-22H2,1-3H3,(H,40,45)(H,46,47)/t32-/m1/s1. The zero-order valence-corrected chi connectivity index (χ0v) is 28.7. The van der Waals surface area contributed by atoms with Gasteiger partial charge in [0, 0.05) is 44.1 Å². The van der Waals surface area contributed by atoms with E-state index in [1.807, 2.05) is 54.6 Å². The number of hydrogen-bond acceptors (Lipinski definition) is 7. The molecule has 0 unspecified atom stereocenters. The molecule has 3 amide bonds. The van der Waals surface area contributed by atoms with Crippen molar-refractivity contribution in [1.29, 1.82) is 0 Å². The van der Waals surface area contributed by atoms with Gasteiger partial charge in [-0.1, -0.05) is 66.2 Å². The van der Waals surface area contributed by atoms with Gasteiger partial charge in [0.2, 0.25) is 0 Å². The maximum atomic E-state index is 13.9.